The van der Waals surface area contributed by atoms with Crippen LogP contribution in [-0.2, 0) is 9.84 Å². The van der Waals surface area contributed by atoms with Gasteiger partial charge < -0.3 is 10.2 Å². The molecule has 1 fully saturated rings. The molecule has 0 aromatic heterocycles. The number of carbonyl (C=O) groups excluding carboxylic acids is 2. The molecule has 2 aliphatic rings. The molecule has 1 saturated heterocycles. The Hall–Kier alpha value is -2.51. The van der Waals surface area contributed by atoms with Crippen molar-refractivity contribution in [1.29, 1.82) is 0 Å². The van der Waals surface area contributed by atoms with Gasteiger partial charge in [0.1, 0.15) is 0 Å². The van der Waals surface area contributed by atoms with Crippen molar-refractivity contribution >= 4 is 21.5 Å². The summed E-state index contributed by atoms with van der Waals surface area (Å²) in [6.07, 6.45) is 0. The minimum atomic E-state index is -3.84. The van der Waals surface area contributed by atoms with E-state index in [2.05, 4.69) is 5.32 Å². The molecule has 1 N–H and O–H groups in total. The van der Waals surface area contributed by atoms with Gasteiger partial charge in [0.25, 0.3) is 5.91 Å². The number of sulfone groups is 1. The first kappa shape index (κ1) is 16.9. The van der Waals surface area contributed by atoms with Crippen LogP contribution in [-0.4, -0.2) is 50.7 Å². The second kappa shape index (κ2) is 6.03. The minimum absolute atomic E-state index is 0.00219. The first-order chi connectivity index (χ1) is 12.4. The van der Waals surface area contributed by atoms with E-state index in [0.717, 1.165) is 0 Å². The number of benzene rings is 2. The smallest absolute Gasteiger partial charge is 0.254 e. The van der Waals surface area contributed by atoms with E-state index in [9.17, 15) is 18.0 Å². The SMILES string of the molecule is CC1CNCCN1C(=O)c1ccc2c(c1)S(=O)(=O)c1ccccc1C2=O. The molecule has 7 heteroatoms. The van der Waals surface area contributed by atoms with E-state index in [1.165, 1.54) is 30.3 Å². The van der Waals surface area contributed by atoms with Gasteiger partial charge in [0.2, 0.25) is 9.84 Å². The van der Waals surface area contributed by atoms with Crippen LogP contribution in [0.15, 0.2) is 52.3 Å². The maximum atomic E-state index is 13.0. The highest BCUT2D eigenvalue weighted by Crippen LogP contribution is 2.35. The van der Waals surface area contributed by atoms with Gasteiger partial charge >= 0.3 is 0 Å². The first-order valence-electron chi connectivity index (χ1n) is 8.46. The predicted octanol–water partition coefficient (Wildman–Crippen LogP) is 1.50. The van der Waals surface area contributed by atoms with Crippen LogP contribution in [0.1, 0.15) is 33.2 Å². The van der Waals surface area contributed by atoms with Crippen LogP contribution in [0, 0.1) is 0 Å². The van der Waals surface area contributed by atoms with E-state index >= 15 is 0 Å². The normalized spacial score (nSPS) is 21.0. The summed E-state index contributed by atoms with van der Waals surface area (Å²) in [6.45, 7) is 3.90. The van der Waals surface area contributed by atoms with E-state index in [4.69, 9.17) is 0 Å². The predicted molar refractivity (Wildman–Crippen MR) is 95.1 cm³/mol. The van der Waals surface area contributed by atoms with Crippen molar-refractivity contribution in [1.82, 2.24) is 10.2 Å². The molecule has 2 aromatic rings. The Morgan fingerprint density at radius 2 is 1.85 bits per heavy atom. The summed E-state index contributed by atoms with van der Waals surface area (Å²) in [6, 6.07) is 10.5. The molecule has 4 rings (SSSR count). The van der Waals surface area contributed by atoms with E-state index in [0.29, 0.717) is 19.6 Å². The Labute approximate surface area is 151 Å². The van der Waals surface area contributed by atoms with Crippen molar-refractivity contribution in [3.8, 4) is 0 Å². The van der Waals surface area contributed by atoms with E-state index < -0.39 is 9.84 Å². The molecule has 2 aromatic carbocycles. The number of piperazine rings is 1. The van der Waals surface area contributed by atoms with E-state index in [1.807, 2.05) is 6.92 Å². The Kier molecular flexibility index (Phi) is 3.93. The summed E-state index contributed by atoms with van der Waals surface area (Å²) >= 11 is 0. The van der Waals surface area contributed by atoms with Gasteiger partial charge in [0, 0.05) is 42.4 Å². The standard InChI is InChI=1S/C19H18N2O4S/c1-12-11-20-8-9-21(12)19(23)13-6-7-15-17(10-13)26(24,25)16-5-3-2-4-14(16)18(15)22/h2-7,10,12,20H,8-9,11H2,1H3. The van der Waals surface area contributed by atoms with Gasteiger partial charge in [0.15, 0.2) is 5.78 Å². The Bertz CT molecular complexity index is 1030. The number of nitrogens with zero attached hydrogens (tertiary/aromatic N) is 1. The quantitative estimate of drug-likeness (QED) is 0.702. The van der Waals surface area contributed by atoms with Crippen molar-refractivity contribution < 1.29 is 18.0 Å². The number of carbonyl (C=O) groups is 2. The topological polar surface area (TPSA) is 83.6 Å². The fraction of sp³-hybridized carbons (Fsp3) is 0.263. The maximum Gasteiger partial charge on any atom is 0.254 e. The molecule has 6 nitrogen and oxygen atoms in total. The van der Waals surface area contributed by atoms with Crippen LogP contribution in [0.4, 0.5) is 0 Å². The van der Waals surface area contributed by atoms with E-state index in [-0.39, 0.29) is 44.2 Å². The molecule has 1 amide bonds. The number of rotatable bonds is 1. The Balaban J connectivity index is 1.81. The number of amides is 1. The van der Waals surface area contributed by atoms with Crippen molar-refractivity contribution in [3.63, 3.8) is 0 Å². The molecule has 0 spiro atoms. The lowest BCUT2D eigenvalue weighted by molar-refractivity contribution is 0.0655. The summed E-state index contributed by atoms with van der Waals surface area (Å²) in [5, 5.41) is 3.22. The molecule has 1 atom stereocenters. The van der Waals surface area contributed by atoms with Gasteiger partial charge in [0.05, 0.1) is 9.79 Å². The minimum Gasteiger partial charge on any atom is -0.333 e. The summed E-state index contributed by atoms with van der Waals surface area (Å²) in [5.74, 6) is -0.553. The summed E-state index contributed by atoms with van der Waals surface area (Å²) < 4.78 is 25.9. The van der Waals surface area contributed by atoms with Gasteiger partial charge in [-0.25, -0.2) is 8.42 Å². The van der Waals surface area contributed by atoms with Crippen LogP contribution in [0.5, 0.6) is 0 Å². The van der Waals surface area contributed by atoms with E-state index in [1.54, 1.807) is 17.0 Å². The number of hydrogen-bond donors (Lipinski definition) is 1. The fourth-order valence-corrected chi connectivity index (χ4v) is 5.20. The second-order valence-electron chi connectivity index (χ2n) is 6.59. The highest BCUT2D eigenvalue weighted by Gasteiger charge is 2.35. The number of fused-ring (bicyclic) bond motifs is 2. The summed E-state index contributed by atoms with van der Waals surface area (Å²) in [7, 11) is -3.84. The fourth-order valence-electron chi connectivity index (χ4n) is 3.53. The van der Waals surface area contributed by atoms with Crippen LogP contribution >= 0.6 is 0 Å². The van der Waals surface area contributed by atoms with Crippen LogP contribution in [0.2, 0.25) is 0 Å². The highest BCUT2D eigenvalue weighted by molar-refractivity contribution is 7.91. The zero-order valence-corrected chi connectivity index (χ0v) is 15.0. The van der Waals surface area contributed by atoms with Gasteiger partial charge in [-0.2, -0.15) is 0 Å². The number of hydrogen-bond acceptors (Lipinski definition) is 5. The molecular weight excluding hydrogens is 352 g/mol. The zero-order chi connectivity index (χ0) is 18.5. The van der Waals surface area contributed by atoms with Crippen molar-refractivity contribution in [2.24, 2.45) is 0 Å². The Morgan fingerprint density at radius 1 is 1.12 bits per heavy atom. The summed E-state index contributed by atoms with van der Waals surface area (Å²) in [5.41, 5.74) is 0.580. The van der Waals surface area contributed by atoms with Gasteiger partial charge in [-0.3, -0.25) is 9.59 Å². The van der Waals surface area contributed by atoms with Crippen LogP contribution in [0.3, 0.4) is 0 Å². The third-order valence-corrected chi connectivity index (χ3v) is 6.80. The van der Waals surface area contributed by atoms with Gasteiger partial charge in [-0.1, -0.05) is 12.1 Å². The molecule has 0 saturated carbocycles. The van der Waals surface area contributed by atoms with Crippen molar-refractivity contribution in [2.45, 2.75) is 22.8 Å². The van der Waals surface area contributed by atoms with Crippen LogP contribution in [0.25, 0.3) is 0 Å². The first-order valence-corrected chi connectivity index (χ1v) is 9.94. The third-order valence-electron chi connectivity index (χ3n) is 4.95. The van der Waals surface area contributed by atoms with Crippen molar-refractivity contribution in [3.05, 3.63) is 59.2 Å². The lowest BCUT2D eigenvalue weighted by atomic mass is 10.0. The number of nitrogens with one attached hydrogen (secondary N) is 1. The largest absolute Gasteiger partial charge is 0.333 e. The molecule has 26 heavy (non-hydrogen) atoms. The lowest BCUT2D eigenvalue weighted by Gasteiger charge is -2.34. The molecule has 134 valence electrons. The van der Waals surface area contributed by atoms with Crippen LogP contribution < -0.4 is 5.32 Å². The molecule has 1 unspecified atom stereocenters. The Morgan fingerprint density at radius 3 is 2.62 bits per heavy atom. The zero-order valence-electron chi connectivity index (χ0n) is 14.2. The maximum absolute atomic E-state index is 13.0. The van der Waals surface area contributed by atoms with Gasteiger partial charge in [-0.05, 0) is 37.3 Å². The molecule has 2 heterocycles. The average molecular weight is 370 g/mol. The molecule has 0 bridgehead atoms. The molecule has 2 aliphatic heterocycles. The highest BCUT2D eigenvalue weighted by atomic mass is 32.2. The monoisotopic (exact) mass is 370 g/mol. The lowest BCUT2D eigenvalue weighted by Crippen LogP contribution is -2.52. The third kappa shape index (κ3) is 2.47. The molecule has 0 aliphatic carbocycles. The molecular formula is C19H18N2O4S. The average Bonchev–Trinajstić information content (AvgIpc) is 2.66. The second-order valence-corrected chi connectivity index (χ2v) is 8.48. The van der Waals surface area contributed by atoms with Crippen molar-refractivity contribution in [2.75, 3.05) is 19.6 Å². The summed E-state index contributed by atoms with van der Waals surface area (Å²) in [4.78, 5) is 27.2. The van der Waals surface area contributed by atoms with Gasteiger partial charge in [-0.15, -0.1) is 0 Å². The molecule has 0 radical (unpaired) electrons. The number of ketones is 1.